The largest absolute Gasteiger partial charge is 0.340 e. The number of nitrogens with zero attached hydrogens (tertiary/aromatic N) is 2. The minimum Gasteiger partial charge on any atom is -0.340 e. The van der Waals surface area contributed by atoms with Crippen LogP contribution in [0.3, 0.4) is 0 Å². The van der Waals surface area contributed by atoms with Crippen molar-refractivity contribution in [2.24, 2.45) is 4.99 Å². The molecule has 1 amide bonds. The van der Waals surface area contributed by atoms with Crippen molar-refractivity contribution in [3.05, 3.63) is 24.4 Å². The monoisotopic (exact) mass is 221 g/mol. The quantitative estimate of drug-likeness (QED) is 0.568. The van der Waals surface area contributed by atoms with Crippen LogP contribution in [-0.2, 0) is 4.79 Å². The number of rotatable bonds is 4. The summed E-state index contributed by atoms with van der Waals surface area (Å²) in [4.78, 5) is 17.5. The highest BCUT2D eigenvalue weighted by Gasteiger charge is 2.13. The summed E-state index contributed by atoms with van der Waals surface area (Å²) in [6.45, 7) is 5.31. The second kappa shape index (κ2) is 7.82. The van der Waals surface area contributed by atoms with Gasteiger partial charge in [0.2, 0.25) is 5.91 Å². The van der Waals surface area contributed by atoms with E-state index in [1.165, 1.54) is 0 Å². The number of allylic oxidation sites excluding steroid dienone is 2. The molecule has 0 aromatic carbocycles. The van der Waals surface area contributed by atoms with E-state index in [0.29, 0.717) is 6.42 Å². The van der Waals surface area contributed by atoms with Gasteiger partial charge < -0.3 is 10.2 Å². The predicted molar refractivity (Wildman–Crippen MR) is 66.5 cm³/mol. The van der Waals surface area contributed by atoms with Crippen LogP contribution in [-0.4, -0.2) is 43.2 Å². The number of aliphatic imine (C=N–C) groups is 1. The molecule has 0 aromatic heterocycles. The molecule has 1 fully saturated rings. The molecule has 0 aliphatic carbocycles. The third kappa shape index (κ3) is 4.89. The maximum atomic E-state index is 11.7. The summed E-state index contributed by atoms with van der Waals surface area (Å²) in [7, 11) is 0. The first kappa shape index (κ1) is 12.6. The van der Waals surface area contributed by atoms with Gasteiger partial charge in [-0.1, -0.05) is 12.2 Å². The van der Waals surface area contributed by atoms with Crippen LogP contribution in [0, 0.1) is 0 Å². The molecular weight excluding hydrogens is 202 g/mol. The van der Waals surface area contributed by atoms with Crippen LogP contribution in [0.15, 0.2) is 29.4 Å². The molecule has 4 nitrogen and oxygen atoms in total. The fraction of sp³-hybridized carbons (Fsp3) is 0.500. The number of carbonyl (C=O) groups excluding carboxylic acids is 1. The zero-order valence-electron chi connectivity index (χ0n) is 9.72. The average molecular weight is 221 g/mol. The number of nitrogens with one attached hydrogen (secondary N) is 1. The van der Waals surface area contributed by atoms with Gasteiger partial charge in [0, 0.05) is 45.0 Å². The Morgan fingerprint density at radius 1 is 1.38 bits per heavy atom. The van der Waals surface area contributed by atoms with Crippen LogP contribution >= 0.6 is 0 Å². The van der Waals surface area contributed by atoms with Gasteiger partial charge in [-0.05, 0) is 13.0 Å². The second-order valence-electron chi connectivity index (χ2n) is 3.51. The first-order valence-electron chi connectivity index (χ1n) is 5.62. The van der Waals surface area contributed by atoms with Gasteiger partial charge in [0.25, 0.3) is 0 Å². The third-order valence-electron chi connectivity index (χ3n) is 2.33. The molecule has 0 atom stereocenters. The maximum Gasteiger partial charge on any atom is 0.226 e. The van der Waals surface area contributed by atoms with E-state index >= 15 is 0 Å². The molecule has 0 radical (unpaired) electrons. The summed E-state index contributed by atoms with van der Waals surface area (Å²) in [5.74, 6) is 0.199. The summed E-state index contributed by atoms with van der Waals surface area (Å²) in [6, 6.07) is 0. The van der Waals surface area contributed by atoms with Crippen molar-refractivity contribution in [3.63, 3.8) is 0 Å². The summed E-state index contributed by atoms with van der Waals surface area (Å²) >= 11 is 0. The predicted octanol–water partition coefficient (Wildman–Crippen LogP) is 0.969. The molecular formula is C12H19N3O. The van der Waals surface area contributed by atoms with E-state index in [9.17, 15) is 4.79 Å². The SMILES string of the molecule is CC=N/C=C\C=C/CC(=O)N1CCNCC1. The van der Waals surface area contributed by atoms with Crippen LogP contribution in [0.4, 0.5) is 0 Å². The van der Waals surface area contributed by atoms with E-state index < -0.39 is 0 Å². The molecule has 1 saturated heterocycles. The standard InChI is InChI=1S/C12H19N3O/c1-2-13-7-5-3-4-6-12(16)15-10-8-14-9-11-15/h2-5,7,14H,6,8-11H2,1H3/b4-3-,7-5-,13-2?. The zero-order chi connectivity index (χ0) is 11.6. The highest BCUT2D eigenvalue weighted by atomic mass is 16.2. The lowest BCUT2D eigenvalue weighted by Gasteiger charge is -2.26. The zero-order valence-corrected chi connectivity index (χ0v) is 9.72. The van der Waals surface area contributed by atoms with Gasteiger partial charge in [0.15, 0.2) is 0 Å². The Morgan fingerprint density at radius 3 is 2.81 bits per heavy atom. The summed E-state index contributed by atoms with van der Waals surface area (Å²) in [5.41, 5.74) is 0. The van der Waals surface area contributed by atoms with E-state index in [2.05, 4.69) is 10.3 Å². The second-order valence-corrected chi connectivity index (χ2v) is 3.51. The van der Waals surface area contributed by atoms with Crippen molar-refractivity contribution in [1.29, 1.82) is 0 Å². The Labute approximate surface area is 96.7 Å². The Balaban J connectivity index is 2.23. The van der Waals surface area contributed by atoms with Gasteiger partial charge in [-0.15, -0.1) is 0 Å². The van der Waals surface area contributed by atoms with Crippen molar-refractivity contribution >= 4 is 12.1 Å². The van der Waals surface area contributed by atoms with Crippen molar-refractivity contribution in [3.8, 4) is 0 Å². The van der Waals surface area contributed by atoms with Crippen molar-refractivity contribution in [2.45, 2.75) is 13.3 Å². The third-order valence-corrected chi connectivity index (χ3v) is 2.33. The van der Waals surface area contributed by atoms with Crippen LogP contribution in [0.5, 0.6) is 0 Å². The topological polar surface area (TPSA) is 44.7 Å². The average Bonchev–Trinajstić information content (AvgIpc) is 2.34. The summed E-state index contributed by atoms with van der Waals surface area (Å²) in [6.07, 6.45) is 9.44. The van der Waals surface area contributed by atoms with Crippen molar-refractivity contribution in [2.75, 3.05) is 26.2 Å². The molecule has 1 N–H and O–H groups in total. The lowest BCUT2D eigenvalue weighted by molar-refractivity contribution is -0.130. The highest BCUT2D eigenvalue weighted by molar-refractivity contribution is 5.77. The van der Waals surface area contributed by atoms with Crippen LogP contribution in [0.2, 0.25) is 0 Å². The smallest absolute Gasteiger partial charge is 0.226 e. The molecule has 16 heavy (non-hydrogen) atoms. The normalized spacial score (nSPS) is 17.9. The number of piperazine rings is 1. The molecule has 0 aromatic rings. The van der Waals surface area contributed by atoms with Crippen LogP contribution < -0.4 is 5.32 Å². The fourth-order valence-electron chi connectivity index (χ4n) is 1.48. The van der Waals surface area contributed by atoms with Gasteiger partial charge >= 0.3 is 0 Å². The number of amides is 1. The molecule has 1 aliphatic heterocycles. The Kier molecular flexibility index (Phi) is 6.18. The van der Waals surface area contributed by atoms with Gasteiger partial charge in [-0.2, -0.15) is 0 Å². The highest BCUT2D eigenvalue weighted by Crippen LogP contribution is 1.97. The molecule has 4 heteroatoms. The number of hydrogen-bond donors (Lipinski definition) is 1. The lowest BCUT2D eigenvalue weighted by Crippen LogP contribution is -2.46. The van der Waals surface area contributed by atoms with Crippen molar-refractivity contribution in [1.82, 2.24) is 10.2 Å². The van der Waals surface area contributed by atoms with E-state index in [1.54, 1.807) is 12.4 Å². The molecule has 0 unspecified atom stereocenters. The lowest BCUT2D eigenvalue weighted by atomic mass is 10.3. The van der Waals surface area contributed by atoms with Gasteiger partial charge in [0.1, 0.15) is 0 Å². The van der Waals surface area contributed by atoms with Gasteiger partial charge in [0.05, 0.1) is 0 Å². The van der Waals surface area contributed by atoms with Crippen LogP contribution in [0.1, 0.15) is 13.3 Å². The Morgan fingerprint density at radius 2 is 2.12 bits per heavy atom. The Bertz CT molecular complexity index is 289. The van der Waals surface area contributed by atoms with E-state index in [1.807, 2.05) is 30.1 Å². The number of carbonyl (C=O) groups is 1. The maximum absolute atomic E-state index is 11.7. The molecule has 0 spiro atoms. The Hall–Kier alpha value is -1.42. The molecule has 1 heterocycles. The summed E-state index contributed by atoms with van der Waals surface area (Å²) in [5, 5.41) is 3.22. The van der Waals surface area contributed by atoms with E-state index in [4.69, 9.17) is 0 Å². The van der Waals surface area contributed by atoms with E-state index in [-0.39, 0.29) is 5.91 Å². The molecule has 88 valence electrons. The van der Waals surface area contributed by atoms with E-state index in [0.717, 1.165) is 26.2 Å². The molecule has 1 aliphatic rings. The minimum atomic E-state index is 0.199. The van der Waals surface area contributed by atoms with Gasteiger partial charge in [-0.25, -0.2) is 0 Å². The molecule has 0 saturated carbocycles. The first-order chi connectivity index (χ1) is 7.84. The molecule has 1 rings (SSSR count). The minimum absolute atomic E-state index is 0.199. The van der Waals surface area contributed by atoms with Crippen LogP contribution in [0.25, 0.3) is 0 Å². The fourth-order valence-corrected chi connectivity index (χ4v) is 1.48. The number of hydrogen-bond acceptors (Lipinski definition) is 3. The first-order valence-corrected chi connectivity index (χ1v) is 5.62. The van der Waals surface area contributed by atoms with Gasteiger partial charge in [-0.3, -0.25) is 9.79 Å². The molecule has 0 bridgehead atoms. The summed E-state index contributed by atoms with van der Waals surface area (Å²) < 4.78 is 0. The van der Waals surface area contributed by atoms with Crippen molar-refractivity contribution < 1.29 is 4.79 Å².